The maximum Gasteiger partial charge on any atom is 0.407 e. The van der Waals surface area contributed by atoms with Gasteiger partial charge in [0.05, 0.1) is 11.2 Å². The molecule has 3 N–H and O–H groups in total. The zero-order valence-corrected chi connectivity index (χ0v) is 16.6. The molecule has 0 spiro atoms. The van der Waals surface area contributed by atoms with Gasteiger partial charge in [0.2, 0.25) is 0 Å². The molecular formula is C17H30BNO4S. The van der Waals surface area contributed by atoms with E-state index in [1.165, 1.54) is 11.3 Å². The minimum absolute atomic E-state index is 0.378. The van der Waals surface area contributed by atoms with E-state index in [0.29, 0.717) is 6.54 Å². The fraction of sp³-hybridized carbons (Fsp3) is 0.706. The number of carbonyl (C=O) groups is 1. The molecule has 24 heavy (non-hydrogen) atoms. The lowest BCUT2D eigenvalue weighted by molar-refractivity contribution is -0.107. The number of hydrogen-bond donors (Lipinski definition) is 3. The molecule has 0 fully saturated rings. The molecule has 0 aliphatic rings. The number of carbonyl (C=O) groups excluding carboxylic acids is 1. The van der Waals surface area contributed by atoms with Crippen LogP contribution in [0.5, 0.6) is 0 Å². The second-order valence-electron chi connectivity index (χ2n) is 7.60. The zero-order valence-electron chi connectivity index (χ0n) is 15.8. The Labute approximate surface area is 150 Å². The highest BCUT2D eigenvalue weighted by molar-refractivity contribution is 7.20. The Morgan fingerprint density at radius 2 is 1.62 bits per heavy atom. The van der Waals surface area contributed by atoms with Crippen LogP contribution in [0.1, 0.15) is 53.3 Å². The van der Waals surface area contributed by atoms with E-state index in [4.69, 9.17) is 22.8 Å². The van der Waals surface area contributed by atoms with Crippen molar-refractivity contribution in [2.24, 2.45) is 0 Å². The van der Waals surface area contributed by atoms with Crippen LogP contribution in [-0.2, 0) is 11.2 Å². The van der Waals surface area contributed by atoms with Gasteiger partial charge in [-0.25, -0.2) is 4.79 Å². The molecule has 2 radical (unpaired) electrons. The molecule has 0 aromatic carbocycles. The van der Waals surface area contributed by atoms with Gasteiger partial charge in [-0.1, -0.05) is 6.07 Å². The van der Waals surface area contributed by atoms with Crippen LogP contribution in [0, 0.1) is 0 Å². The summed E-state index contributed by atoms with van der Waals surface area (Å²) in [5, 5.41) is 20.9. The SMILES string of the molecule is CC(C)(O)C(C)(C)O.[B]c1ccc(CCNC(=O)OC(C)(C)C)s1. The first-order valence-electron chi connectivity index (χ1n) is 7.87. The summed E-state index contributed by atoms with van der Waals surface area (Å²) in [6.07, 6.45) is 0.401. The first-order chi connectivity index (χ1) is 10.6. The normalized spacial score (nSPS) is 12.2. The molecule has 0 atom stereocenters. The monoisotopic (exact) mass is 355 g/mol. The fourth-order valence-corrected chi connectivity index (χ4v) is 1.91. The summed E-state index contributed by atoms with van der Waals surface area (Å²) in [5.74, 6) is 0. The van der Waals surface area contributed by atoms with Crippen molar-refractivity contribution in [3.8, 4) is 0 Å². The van der Waals surface area contributed by atoms with E-state index in [0.717, 1.165) is 16.1 Å². The average Bonchev–Trinajstić information content (AvgIpc) is 2.70. The zero-order chi connectivity index (χ0) is 19.2. The highest BCUT2D eigenvalue weighted by atomic mass is 32.1. The lowest BCUT2D eigenvalue weighted by atomic mass is 9.90. The summed E-state index contributed by atoms with van der Waals surface area (Å²) in [7, 11) is 5.60. The maximum atomic E-state index is 11.3. The molecule has 0 saturated carbocycles. The van der Waals surface area contributed by atoms with E-state index < -0.39 is 16.8 Å². The first-order valence-corrected chi connectivity index (χ1v) is 8.69. The number of amides is 1. The second kappa shape index (κ2) is 8.88. The van der Waals surface area contributed by atoms with Gasteiger partial charge in [0.25, 0.3) is 0 Å². The van der Waals surface area contributed by atoms with Gasteiger partial charge < -0.3 is 20.3 Å². The molecule has 0 aliphatic heterocycles. The minimum atomic E-state index is -1.01. The Kier molecular flexibility index (Phi) is 8.49. The lowest BCUT2D eigenvalue weighted by Crippen LogP contribution is -2.44. The third kappa shape index (κ3) is 10.7. The highest BCUT2D eigenvalue weighted by Gasteiger charge is 2.31. The molecule has 1 heterocycles. The van der Waals surface area contributed by atoms with E-state index in [1.807, 2.05) is 32.9 Å². The number of rotatable bonds is 4. The molecule has 0 saturated heterocycles. The summed E-state index contributed by atoms with van der Waals surface area (Å²) in [6.45, 7) is 12.4. The first kappa shape index (κ1) is 23.0. The average molecular weight is 355 g/mol. The van der Waals surface area contributed by atoms with E-state index in [1.54, 1.807) is 27.7 Å². The van der Waals surface area contributed by atoms with Crippen molar-refractivity contribution in [1.82, 2.24) is 5.32 Å². The van der Waals surface area contributed by atoms with Crippen LogP contribution in [0.4, 0.5) is 4.79 Å². The summed E-state index contributed by atoms with van der Waals surface area (Å²) in [5.41, 5.74) is -2.46. The highest BCUT2D eigenvalue weighted by Crippen LogP contribution is 2.19. The van der Waals surface area contributed by atoms with Gasteiger partial charge in [0.15, 0.2) is 0 Å². The summed E-state index contributed by atoms with van der Waals surface area (Å²) >= 11 is 1.54. The van der Waals surface area contributed by atoms with Gasteiger partial charge in [0, 0.05) is 11.4 Å². The van der Waals surface area contributed by atoms with Gasteiger partial charge in [-0.3, -0.25) is 0 Å². The summed E-state index contributed by atoms with van der Waals surface area (Å²) in [6, 6.07) is 3.84. The minimum Gasteiger partial charge on any atom is -0.444 e. The van der Waals surface area contributed by atoms with Crippen LogP contribution in [0.25, 0.3) is 0 Å². The van der Waals surface area contributed by atoms with Crippen LogP contribution in [0.2, 0.25) is 0 Å². The van der Waals surface area contributed by atoms with Gasteiger partial charge in [0.1, 0.15) is 13.4 Å². The number of thiophene rings is 1. The lowest BCUT2D eigenvalue weighted by Gasteiger charge is -2.31. The quantitative estimate of drug-likeness (QED) is 0.723. The smallest absolute Gasteiger partial charge is 0.407 e. The Hall–Kier alpha value is -1.05. The molecule has 7 heteroatoms. The Bertz CT molecular complexity index is 498. The molecule has 136 valence electrons. The number of alkyl carbamates (subject to hydrolysis) is 1. The van der Waals surface area contributed by atoms with E-state index in [-0.39, 0.29) is 6.09 Å². The van der Waals surface area contributed by atoms with Crippen molar-refractivity contribution in [3.05, 3.63) is 17.0 Å². The molecule has 1 aromatic rings. The van der Waals surface area contributed by atoms with Crippen molar-refractivity contribution < 1.29 is 19.7 Å². The number of nitrogens with one attached hydrogen (secondary N) is 1. The summed E-state index contributed by atoms with van der Waals surface area (Å²) < 4.78 is 5.91. The standard InChI is InChI=1S/C11H16BNO2S.C6H14O2/c1-11(2,3)15-10(14)13-7-6-8-4-5-9(12)16-8;1-5(2,7)6(3,4)8/h4-5H,6-7H2,1-3H3,(H,13,14);7-8H,1-4H3. The Balaban J connectivity index is 0.000000561. The van der Waals surface area contributed by atoms with E-state index >= 15 is 0 Å². The predicted molar refractivity (Wildman–Crippen MR) is 100 cm³/mol. The van der Waals surface area contributed by atoms with E-state index in [9.17, 15) is 4.79 Å². The fourth-order valence-electron chi connectivity index (χ4n) is 1.13. The van der Waals surface area contributed by atoms with Crippen LogP contribution >= 0.6 is 11.3 Å². The molecule has 1 amide bonds. The van der Waals surface area contributed by atoms with Gasteiger partial charge in [-0.05, 0) is 65.7 Å². The van der Waals surface area contributed by atoms with Crippen molar-refractivity contribution in [3.63, 3.8) is 0 Å². The molecule has 1 aromatic heterocycles. The third-order valence-corrected chi connectivity index (χ3v) is 4.19. The van der Waals surface area contributed by atoms with Crippen LogP contribution in [0.3, 0.4) is 0 Å². The molecule has 5 nitrogen and oxygen atoms in total. The molecular weight excluding hydrogens is 325 g/mol. The molecule has 0 bridgehead atoms. The molecule has 0 aliphatic carbocycles. The van der Waals surface area contributed by atoms with Crippen molar-refractivity contribution >= 4 is 30.1 Å². The van der Waals surface area contributed by atoms with Gasteiger partial charge >= 0.3 is 6.09 Å². The predicted octanol–water partition coefficient (Wildman–Crippen LogP) is 2.14. The van der Waals surface area contributed by atoms with Crippen LogP contribution < -0.4 is 10.1 Å². The maximum absolute atomic E-state index is 11.3. The number of ether oxygens (including phenoxy) is 1. The van der Waals surface area contributed by atoms with Gasteiger partial charge in [-0.2, -0.15) is 11.3 Å². The molecule has 0 unspecified atom stereocenters. The number of hydrogen-bond acceptors (Lipinski definition) is 5. The van der Waals surface area contributed by atoms with Crippen molar-refractivity contribution in [1.29, 1.82) is 0 Å². The van der Waals surface area contributed by atoms with Crippen molar-refractivity contribution in [2.45, 2.75) is 71.7 Å². The second-order valence-corrected chi connectivity index (χ2v) is 8.80. The topological polar surface area (TPSA) is 78.8 Å². The third-order valence-electron chi connectivity index (χ3n) is 3.22. The summed E-state index contributed by atoms with van der Waals surface area (Å²) in [4.78, 5) is 12.5. The largest absolute Gasteiger partial charge is 0.444 e. The van der Waals surface area contributed by atoms with Crippen molar-refractivity contribution in [2.75, 3.05) is 6.54 Å². The van der Waals surface area contributed by atoms with E-state index in [2.05, 4.69) is 5.32 Å². The molecule has 1 rings (SSSR count). The Morgan fingerprint density at radius 1 is 1.12 bits per heavy atom. The Morgan fingerprint density at radius 3 is 1.96 bits per heavy atom. The van der Waals surface area contributed by atoms with Crippen LogP contribution in [-0.4, -0.2) is 47.5 Å². The van der Waals surface area contributed by atoms with Crippen LogP contribution in [0.15, 0.2) is 12.1 Å². The van der Waals surface area contributed by atoms with Gasteiger partial charge in [-0.15, -0.1) is 0 Å². The number of aliphatic hydroxyl groups is 2.